The van der Waals surface area contributed by atoms with Crippen molar-refractivity contribution in [3.8, 4) is 0 Å². The fourth-order valence-corrected chi connectivity index (χ4v) is 0. The zero-order valence-corrected chi connectivity index (χ0v) is 8.54. The zero-order valence-electron chi connectivity index (χ0n) is 5.18. The molecule has 0 saturated carbocycles. The van der Waals surface area contributed by atoms with Crippen LogP contribution in [-0.4, -0.2) is 70.8 Å². The van der Waals surface area contributed by atoms with Gasteiger partial charge in [-0.3, -0.25) is 0 Å². The van der Waals surface area contributed by atoms with Crippen molar-refractivity contribution < 1.29 is 34.2 Å². The van der Waals surface area contributed by atoms with Gasteiger partial charge in [0.05, 0.1) is 0 Å². The van der Waals surface area contributed by atoms with Crippen LogP contribution in [0.4, 0.5) is 9.59 Å². The van der Waals surface area contributed by atoms with Gasteiger partial charge in [-0.05, 0) is 12.3 Å². The SMILES string of the molecule is O=C([O-])[O-].O=C([O-])[O-].[Ca+2].[OH][Al+2]. The molecule has 11 heavy (non-hydrogen) atoms. The first kappa shape index (κ1) is 22.5. The summed E-state index contributed by atoms with van der Waals surface area (Å²) in [4.78, 5) is 16.7. The Bertz CT molecular complexity index is 74.4. The standard InChI is InChI=1S/2CH2O3.Al.Ca.H2O/c2*2-1(3)4;;;/h2*(H2,2,3,4);;;1H2/q;;+3;+2;/p-5. The zero-order chi connectivity index (χ0) is 9.15. The van der Waals surface area contributed by atoms with Crippen molar-refractivity contribution in [3.63, 3.8) is 0 Å². The van der Waals surface area contributed by atoms with Crippen LogP contribution in [0.5, 0.6) is 0 Å². The van der Waals surface area contributed by atoms with Crippen LogP contribution in [0.25, 0.3) is 0 Å². The molecule has 0 atom stereocenters. The second-order valence-corrected chi connectivity index (χ2v) is 0.500. The van der Waals surface area contributed by atoms with Crippen molar-refractivity contribution >= 4 is 66.7 Å². The predicted molar refractivity (Wildman–Crippen MR) is 24.5 cm³/mol. The molecular weight excluding hydrogens is 203 g/mol. The Morgan fingerprint density at radius 3 is 0.909 bits per heavy atom. The summed E-state index contributed by atoms with van der Waals surface area (Å²) in [7, 11) is 0. The van der Waals surface area contributed by atoms with Gasteiger partial charge in [-0.1, -0.05) is 0 Å². The number of hydrogen-bond acceptors (Lipinski definition) is 7. The Morgan fingerprint density at radius 1 is 0.909 bits per heavy atom. The summed E-state index contributed by atoms with van der Waals surface area (Å²) in [5.41, 5.74) is 0. The molecule has 0 heterocycles. The van der Waals surface area contributed by atoms with E-state index in [-0.39, 0.29) is 37.7 Å². The molecule has 0 fully saturated rings. The van der Waals surface area contributed by atoms with E-state index < -0.39 is 12.3 Å². The van der Waals surface area contributed by atoms with Crippen LogP contribution >= 0.6 is 0 Å². The van der Waals surface area contributed by atoms with Crippen molar-refractivity contribution in [1.29, 1.82) is 0 Å². The molecule has 0 radical (unpaired) electrons. The van der Waals surface area contributed by atoms with Crippen molar-refractivity contribution in [1.82, 2.24) is 0 Å². The molecular formula is C2HAlCaO7. The maximum absolute atomic E-state index is 8.33. The molecule has 0 unspecified atom stereocenters. The Balaban J connectivity index is -0.0000000339. The van der Waals surface area contributed by atoms with Gasteiger partial charge >= 0.3 is 58.5 Å². The Morgan fingerprint density at radius 2 is 0.909 bits per heavy atom. The van der Waals surface area contributed by atoms with E-state index in [2.05, 4.69) is 0 Å². The number of carbonyl (C=O) groups excluding carboxylic acids is 2. The van der Waals surface area contributed by atoms with Crippen molar-refractivity contribution in [2.45, 2.75) is 0 Å². The molecule has 0 aromatic rings. The maximum atomic E-state index is 8.33. The van der Waals surface area contributed by atoms with Crippen LogP contribution in [0.2, 0.25) is 0 Å². The summed E-state index contributed by atoms with van der Waals surface area (Å²) in [5.74, 6) is 0. The van der Waals surface area contributed by atoms with E-state index in [4.69, 9.17) is 34.2 Å². The summed E-state index contributed by atoms with van der Waals surface area (Å²) >= 11 is 1.42. The van der Waals surface area contributed by atoms with Crippen molar-refractivity contribution in [2.75, 3.05) is 0 Å². The molecule has 9 heteroatoms. The Hall–Kier alpha value is 0.292. The molecule has 0 bridgehead atoms. The van der Waals surface area contributed by atoms with Crippen LogP contribution < -0.4 is 20.4 Å². The molecule has 0 aromatic heterocycles. The quantitative estimate of drug-likeness (QED) is 0.386. The Labute approximate surface area is 100 Å². The Kier molecular flexibility index (Phi) is 45.9. The van der Waals surface area contributed by atoms with Crippen molar-refractivity contribution in [3.05, 3.63) is 0 Å². The van der Waals surface area contributed by atoms with Gasteiger partial charge in [0.1, 0.15) is 0 Å². The molecule has 0 amide bonds. The first-order valence-corrected chi connectivity index (χ1v) is 2.00. The van der Waals surface area contributed by atoms with E-state index in [9.17, 15) is 0 Å². The number of rotatable bonds is 0. The molecule has 0 rings (SSSR count). The van der Waals surface area contributed by atoms with Gasteiger partial charge in [-0.25, -0.2) is 0 Å². The van der Waals surface area contributed by atoms with Gasteiger partial charge in [0.25, 0.3) is 0 Å². The van der Waals surface area contributed by atoms with Crippen LogP contribution in [0.15, 0.2) is 0 Å². The summed E-state index contributed by atoms with van der Waals surface area (Å²) in [6.07, 6.45) is -4.67. The van der Waals surface area contributed by atoms with E-state index in [0.29, 0.717) is 0 Å². The molecule has 0 aliphatic heterocycles. The normalized spacial score (nSPS) is 5.00. The third-order valence-corrected chi connectivity index (χ3v) is 0. The van der Waals surface area contributed by atoms with Crippen LogP contribution in [0.1, 0.15) is 0 Å². The summed E-state index contributed by atoms with van der Waals surface area (Å²) < 4.78 is 6.92. The fraction of sp³-hybridized carbons (Fsp3) is 0. The van der Waals surface area contributed by atoms with Crippen LogP contribution in [-0.2, 0) is 0 Å². The first-order valence-electron chi connectivity index (χ1n) is 1.48. The summed E-state index contributed by atoms with van der Waals surface area (Å²) in [5, 5.41) is 33.3. The first-order chi connectivity index (χ1) is 4.46. The average Bonchev–Trinajstić information content (AvgIpc) is 1.66. The van der Waals surface area contributed by atoms with Crippen LogP contribution in [0.3, 0.4) is 0 Å². The van der Waals surface area contributed by atoms with E-state index in [1.54, 1.807) is 0 Å². The third kappa shape index (κ3) is 8290. The minimum absolute atomic E-state index is 0. The minimum atomic E-state index is -2.33. The third-order valence-electron chi connectivity index (χ3n) is 0. The molecule has 0 aliphatic carbocycles. The van der Waals surface area contributed by atoms with Gasteiger partial charge in [0.15, 0.2) is 0 Å². The number of carboxylic acid groups (broad SMARTS) is 4. The van der Waals surface area contributed by atoms with Gasteiger partial charge in [0.2, 0.25) is 0 Å². The van der Waals surface area contributed by atoms with Gasteiger partial charge < -0.3 is 30.0 Å². The van der Waals surface area contributed by atoms with Gasteiger partial charge in [0, 0.05) is 0 Å². The molecule has 1 N–H and O–H groups in total. The summed E-state index contributed by atoms with van der Waals surface area (Å²) in [6.45, 7) is 0. The molecule has 7 nitrogen and oxygen atoms in total. The van der Waals surface area contributed by atoms with E-state index in [1.165, 1.54) is 16.6 Å². The second kappa shape index (κ2) is 22.4. The second-order valence-electron chi connectivity index (χ2n) is 0.500. The molecule has 0 saturated heterocycles. The number of hydrogen-bond donors (Lipinski definition) is 1. The number of carbonyl (C=O) groups is 2. The average molecular weight is 204 g/mol. The van der Waals surface area contributed by atoms with E-state index in [1.807, 2.05) is 0 Å². The molecule has 0 aromatic carbocycles. The summed E-state index contributed by atoms with van der Waals surface area (Å²) in [6, 6.07) is 0. The molecule has 0 spiro atoms. The van der Waals surface area contributed by atoms with Crippen LogP contribution in [0, 0.1) is 0 Å². The molecule has 0 aliphatic rings. The van der Waals surface area contributed by atoms with Crippen molar-refractivity contribution in [2.24, 2.45) is 0 Å². The fourth-order valence-electron chi connectivity index (χ4n) is 0. The van der Waals surface area contributed by atoms with E-state index >= 15 is 0 Å². The van der Waals surface area contributed by atoms with Gasteiger partial charge in [-0.2, -0.15) is 0 Å². The monoisotopic (exact) mass is 204 g/mol. The van der Waals surface area contributed by atoms with Gasteiger partial charge in [-0.15, -0.1) is 0 Å². The topological polar surface area (TPSA) is 147 Å². The van der Waals surface area contributed by atoms with E-state index in [0.717, 1.165) is 0 Å². The predicted octanol–water partition coefficient (Wildman–Crippen LogP) is -6.21. The molecule has 56 valence electrons.